The fraction of sp³-hybridized carbons (Fsp3) is 0.538. The van der Waals surface area contributed by atoms with Crippen LogP contribution in [0.3, 0.4) is 0 Å². The zero-order valence-electron chi connectivity index (χ0n) is 12.0. The number of nitrogens with two attached hydrogens (primary N) is 2. The summed E-state index contributed by atoms with van der Waals surface area (Å²) in [5.74, 6) is 0.771. The summed E-state index contributed by atoms with van der Waals surface area (Å²) in [5.41, 5.74) is 12.9. The van der Waals surface area contributed by atoms with Crippen molar-refractivity contribution in [2.45, 2.75) is 38.0 Å². The molecule has 120 valence electrons. The molecule has 4 atom stereocenters. The number of fused-ring (bicyclic) bond motifs is 1. The average Bonchev–Trinajstić information content (AvgIpc) is 2.98. The monoisotopic (exact) mass is 309 g/mol. The van der Waals surface area contributed by atoms with E-state index in [2.05, 4.69) is 9.97 Å². The van der Waals surface area contributed by atoms with E-state index in [1.165, 1.54) is 0 Å². The van der Waals surface area contributed by atoms with Crippen LogP contribution in [0, 0.1) is 6.92 Å². The summed E-state index contributed by atoms with van der Waals surface area (Å²) in [4.78, 5) is 8.46. The Kier molecular flexibility index (Phi) is 3.75. The van der Waals surface area contributed by atoms with Gasteiger partial charge in [0, 0.05) is 12.7 Å². The number of ether oxygens (including phenoxy) is 1. The SMILES string of the molecule is Cc1nc(N)c2c(CN)cn([C@@H]3O[C@H](CO)[C@@H](O)[C@H]3O)c2n1. The molecule has 0 unspecified atom stereocenters. The number of aryl methyl sites for hydroxylation is 1. The minimum Gasteiger partial charge on any atom is -0.394 e. The molecule has 7 N–H and O–H groups in total. The molecule has 0 saturated carbocycles. The fourth-order valence-electron chi connectivity index (χ4n) is 2.83. The first-order valence-electron chi connectivity index (χ1n) is 6.94. The third-order valence-corrected chi connectivity index (χ3v) is 3.90. The van der Waals surface area contributed by atoms with Crippen LogP contribution in [-0.2, 0) is 11.3 Å². The molecule has 0 bridgehead atoms. The molecule has 1 aliphatic rings. The molecule has 22 heavy (non-hydrogen) atoms. The van der Waals surface area contributed by atoms with Gasteiger partial charge in [-0.3, -0.25) is 0 Å². The number of rotatable bonds is 3. The molecule has 1 aliphatic heterocycles. The number of aromatic nitrogens is 3. The van der Waals surface area contributed by atoms with Gasteiger partial charge in [0.15, 0.2) is 6.23 Å². The number of aliphatic hydroxyl groups is 3. The minimum atomic E-state index is -1.20. The molecule has 0 spiro atoms. The van der Waals surface area contributed by atoms with Crippen LogP contribution in [0.15, 0.2) is 6.20 Å². The number of hydrogen-bond donors (Lipinski definition) is 5. The molecule has 3 heterocycles. The predicted molar refractivity (Wildman–Crippen MR) is 77.6 cm³/mol. The van der Waals surface area contributed by atoms with Gasteiger partial charge in [0.25, 0.3) is 0 Å². The first kappa shape index (κ1) is 15.1. The molecule has 0 aliphatic carbocycles. The molecule has 2 aromatic heterocycles. The standard InChI is InChI=1S/C13H19N5O4/c1-5-16-11(15)8-6(2-14)3-18(12(8)17-5)13-10(21)9(20)7(4-19)22-13/h3,7,9-10,13,19-21H,2,4,14H2,1H3,(H2,15,16,17)/t7-,9-,10-,13-/m1/s1. The second kappa shape index (κ2) is 5.45. The number of nitrogens with zero attached hydrogens (tertiary/aromatic N) is 3. The lowest BCUT2D eigenvalue weighted by molar-refractivity contribution is -0.0509. The second-order valence-corrected chi connectivity index (χ2v) is 5.35. The van der Waals surface area contributed by atoms with Crippen LogP contribution >= 0.6 is 0 Å². The minimum absolute atomic E-state index is 0.217. The summed E-state index contributed by atoms with van der Waals surface area (Å²) >= 11 is 0. The van der Waals surface area contributed by atoms with Gasteiger partial charge in [-0.2, -0.15) is 0 Å². The maximum atomic E-state index is 10.2. The molecule has 2 aromatic rings. The summed E-state index contributed by atoms with van der Waals surface area (Å²) in [7, 11) is 0. The van der Waals surface area contributed by atoms with E-state index in [0.29, 0.717) is 28.2 Å². The Morgan fingerprint density at radius 1 is 1.32 bits per heavy atom. The lowest BCUT2D eigenvalue weighted by Crippen LogP contribution is -2.33. The number of anilines is 1. The maximum absolute atomic E-state index is 10.2. The number of aliphatic hydroxyl groups excluding tert-OH is 3. The third kappa shape index (κ3) is 2.14. The maximum Gasteiger partial charge on any atom is 0.164 e. The van der Waals surface area contributed by atoms with E-state index >= 15 is 0 Å². The Hall–Kier alpha value is -1.78. The van der Waals surface area contributed by atoms with Crippen molar-refractivity contribution in [3.05, 3.63) is 17.6 Å². The predicted octanol–water partition coefficient (Wildman–Crippen LogP) is -1.61. The highest BCUT2D eigenvalue weighted by atomic mass is 16.6. The van der Waals surface area contributed by atoms with Gasteiger partial charge in [0.05, 0.1) is 12.0 Å². The quantitative estimate of drug-likeness (QED) is 0.454. The summed E-state index contributed by atoms with van der Waals surface area (Å²) in [6.07, 6.45) is -2.46. The Bertz CT molecular complexity index is 703. The molecular weight excluding hydrogens is 290 g/mol. The largest absolute Gasteiger partial charge is 0.394 e. The van der Waals surface area contributed by atoms with Gasteiger partial charge in [-0.15, -0.1) is 0 Å². The average molecular weight is 309 g/mol. The summed E-state index contributed by atoms with van der Waals surface area (Å²) in [6.45, 7) is 1.52. The molecule has 1 saturated heterocycles. The van der Waals surface area contributed by atoms with Crippen molar-refractivity contribution >= 4 is 16.9 Å². The molecule has 0 aromatic carbocycles. The van der Waals surface area contributed by atoms with Crippen LogP contribution in [0.25, 0.3) is 11.0 Å². The Morgan fingerprint density at radius 3 is 2.64 bits per heavy atom. The van der Waals surface area contributed by atoms with Crippen molar-refractivity contribution in [1.29, 1.82) is 0 Å². The van der Waals surface area contributed by atoms with E-state index in [1.54, 1.807) is 17.7 Å². The number of nitrogen functional groups attached to an aromatic ring is 1. The zero-order valence-corrected chi connectivity index (χ0v) is 12.0. The second-order valence-electron chi connectivity index (χ2n) is 5.35. The molecular formula is C13H19N5O4. The van der Waals surface area contributed by atoms with E-state index in [1.807, 2.05) is 0 Å². The van der Waals surface area contributed by atoms with Crippen LogP contribution < -0.4 is 11.5 Å². The van der Waals surface area contributed by atoms with Crippen LogP contribution in [0.1, 0.15) is 17.6 Å². The summed E-state index contributed by atoms with van der Waals surface area (Å²) in [6, 6.07) is 0. The smallest absolute Gasteiger partial charge is 0.164 e. The van der Waals surface area contributed by atoms with Crippen molar-refractivity contribution in [2.75, 3.05) is 12.3 Å². The first-order valence-corrected chi connectivity index (χ1v) is 6.94. The normalized spacial score (nSPS) is 28.6. The molecule has 9 heteroatoms. The highest BCUT2D eigenvalue weighted by Gasteiger charge is 2.44. The Labute approximate surface area is 126 Å². The van der Waals surface area contributed by atoms with Crippen LogP contribution in [0.5, 0.6) is 0 Å². The van der Waals surface area contributed by atoms with Gasteiger partial charge in [0.2, 0.25) is 0 Å². The van der Waals surface area contributed by atoms with E-state index in [4.69, 9.17) is 16.2 Å². The van der Waals surface area contributed by atoms with Crippen molar-refractivity contribution in [3.63, 3.8) is 0 Å². The highest BCUT2D eigenvalue weighted by molar-refractivity contribution is 5.90. The molecule has 0 radical (unpaired) electrons. The first-order chi connectivity index (χ1) is 10.5. The molecule has 0 amide bonds. The van der Waals surface area contributed by atoms with Crippen molar-refractivity contribution in [2.24, 2.45) is 5.73 Å². The Morgan fingerprint density at radius 2 is 2.05 bits per heavy atom. The van der Waals surface area contributed by atoms with E-state index in [0.717, 1.165) is 0 Å². The van der Waals surface area contributed by atoms with Crippen molar-refractivity contribution in [3.8, 4) is 0 Å². The lowest BCUT2D eigenvalue weighted by Gasteiger charge is -2.17. The van der Waals surface area contributed by atoms with Gasteiger partial charge >= 0.3 is 0 Å². The van der Waals surface area contributed by atoms with E-state index in [-0.39, 0.29) is 6.54 Å². The van der Waals surface area contributed by atoms with Crippen LogP contribution in [0.4, 0.5) is 5.82 Å². The number of hydrogen-bond acceptors (Lipinski definition) is 8. The summed E-state index contributed by atoms with van der Waals surface area (Å²) < 4.78 is 7.11. The van der Waals surface area contributed by atoms with Crippen LogP contribution in [0.2, 0.25) is 0 Å². The molecule has 3 rings (SSSR count). The molecule has 1 fully saturated rings. The van der Waals surface area contributed by atoms with Gasteiger partial charge in [-0.1, -0.05) is 0 Å². The molecule has 9 nitrogen and oxygen atoms in total. The van der Waals surface area contributed by atoms with E-state index < -0.39 is 31.1 Å². The van der Waals surface area contributed by atoms with Crippen molar-refractivity contribution < 1.29 is 20.1 Å². The van der Waals surface area contributed by atoms with Gasteiger partial charge in [0.1, 0.15) is 35.6 Å². The van der Waals surface area contributed by atoms with E-state index in [9.17, 15) is 15.3 Å². The van der Waals surface area contributed by atoms with Gasteiger partial charge in [-0.25, -0.2) is 9.97 Å². The van der Waals surface area contributed by atoms with Gasteiger partial charge in [-0.05, 0) is 12.5 Å². The third-order valence-electron chi connectivity index (χ3n) is 3.90. The lowest BCUT2D eigenvalue weighted by atomic mass is 10.1. The zero-order chi connectivity index (χ0) is 16.0. The van der Waals surface area contributed by atoms with Crippen molar-refractivity contribution in [1.82, 2.24) is 14.5 Å². The van der Waals surface area contributed by atoms with Gasteiger partial charge < -0.3 is 36.1 Å². The summed E-state index contributed by atoms with van der Waals surface area (Å²) in [5, 5.41) is 29.9. The topological polar surface area (TPSA) is 153 Å². The fourth-order valence-corrected chi connectivity index (χ4v) is 2.83. The Balaban J connectivity index is 2.15. The van der Waals surface area contributed by atoms with Crippen LogP contribution in [-0.4, -0.2) is 54.8 Å². The highest BCUT2D eigenvalue weighted by Crippen LogP contribution is 2.34.